The summed E-state index contributed by atoms with van der Waals surface area (Å²) in [5.41, 5.74) is 0.460. The van der Waals surface area contributed by atoms with Gasteiger partial charge in [0.25, 0.3) is 0 Å². The maximum Gasteiger partial charge on any atom is 0.412 e. The fraction of sp³-hybridized carbons (Fsp3) is 0.167. The van der Waals surface area contributed by atoms with Crippen molar-refractivity contribution in [1.29, 1.82) is 0 Å². The number of methoxy groups -OCH3 is 1. The van der Waals surface area contributed by atoms with Crippen LogP contribution in [0.25, 0.3) is 0 Å². The molecule has 110 valence electrons. The van der Waals surface area contributed by atoms with Crippen LogP contribution >= 0.6 is 0 Å². The smallest absolute Gasteiger partial charge is 0.412 e. The highest BCUT2D eigenvalue weighted by Crippen LogP contribution is 2.08. The first-order valence-corrected chi connectivity index (χ1v) is 5.87. The van der Waals surface area contributed by atoms with E-state index in [1.807, 2.05) is 0 Å². The molecule has 1 heterocycles. The van der Waals surface area contributed by atoms with Gasteiger partial charge >= 0.3 is 6.09 Å². The van der Waals surface area contributed by atoms with Crippen LogP contribution in [0.5, 0.6) is 0 Å². The zero-order chi connectivity index (χ0) is 15.2. The molecule has 0 aliphatic carbocycles. The highest BCUT2D eigenvalue weighted by atomic mass is 19.1. The number of amides is 2. The average molecular weight is 293 g/mol. The van der Waals surface area contributed by atoms with Crippen LogP contribution in [0.15, 0.2) is 30.5 Å². The van der Waals surface area contributed by atoms with Crippen LogP contribution in [-0.2, 0) is 16.1 Å². The molecular formula is C12H12FN5O3. The van der Waals surface area contributed by atoms with E-state index in [0.717, 1.165) is 4.80 Å². The Hall–Kier alpha value is -2.97. The van der Waals surface area contributed by atoms with E-state index < -0.39 is 6.09 Å². The van der Waals surface area contributed by atoms with Gasteiger partial charge in [0, 0.05) is 5.69 Å². The minimum absolute atomic E-state index is 0.153. The summed E-state index contributed by atoms with van der Waals surface area (Å²) in [4.78, 5) is 23.8. The maximum absolute atomic E-state index is 12.7. The van der Waals surface area contributed by atoms with Gasteiger partial charge in [-0.2, -0.15) is 9.90 Å². The monoisotopic (exact) mass is 293 g/mol. The van der Waals surface area contributed by atoms with Crippen LogP contribution in [0.4, 0.5) is 20.7 Å². The van der Waals surface area contributed by atoms with E-state index in [2.05, 4.69) is 25.6 Å². The molecule has 21 heavy (non-hydrogen) atoms. The topological polar surface area (TPSA) is 98.1 Å². The van der Waals surface area contributed by atoms with E-state index in [4.69, 9.17) is 0 Å². The number of anilines is 2. The molecule has 0 atom stereocenters. The summed E-state index contributed by atoms with van der Waals surface area (Å²) >= 11 is 0. The first-order valence-electron chi connectivity index (χ1n) is 5.87. The van der Waals surface area contributed by atoms with Gasteiger partial charge in [-0.1, -0.05) is 0 Å². The van der Waals surface area contributed by atoms with E-state index >= 15 is 0 Å². The predicted molar refractivity (Wildman–Crippen MR) is 71.1 cm³/mol. The number of benzene rings is 1. The van der Waals surface area contributed by atoms with E-state index in [9.17, 15) is 14.0 Å². The van der Waals surface area contributed by atoms with E-state index in [1.54, 1.807) is 0 Å². The second kappa shape index (κ2) is 6.46. The van der Waals surface area contributed by atoms with Crippen LogP contribution in [0.3, 0.4) is 0 Å². The summed E-state index contributed by atoms with van der Waals surface area (Å²) in [7, 11) is 1.22. The van der Waals surface area contributed by atoms with E-state index in [-0.39, 0.29) is 24.1 Å². The first-order chi connectivity index (χ1) is 10.1. The minimum atomic E-state index is -0.683. The lowest BCUT2D eigenvalue weighted by Gasteiger charge is -2.04. The molecule has 9 heteroatoms. The molecule has 0 aliphatic heterocycles. The molecule has 0 fully saturated rings. The van der Waals surface area contributed by atoms with Crippen LogP contribution in [-0.4, -0.2) is 34.1 Å². The zero-order valence-electron chi connectivity index (χ0n) is 11.0. The Morgan fingerprint density at radius 1 is 1.29 bits per heavy atom. The van der Waals surface area contributed by atoms with Gasteiger partial charge in [-0.05, 0) is 24.3 Å². The summed E-state index contributed by atoms with van der Waals surface area (Å²) in [5.74, 6) is -0.612. The van der Waals surface area contributed by atoms with Crippen LogP contribution in [0.2, 0.25) is 0 Å². The lowest BCUT2D eigenvalue weighted by atomic mass is 10.3. The Labute approximate surface area is 118 Å². The van der Waals surface area contributed by atoms with Crippen molar-refractivity contribution in [3.8, 4) is 0 Å². The predicted octanol–water partition coefficient (Wildman–Crippen LogP) is 1.23. The SMILES string of the molecule is COC(=O)Nc1cnn(CC(=O)Nc2ccc(F)cc2)n1. The fourth-order valence-electron chi connectivity index (χ4n) is 1.45. The van der Waals surface area contributed by atoms with E-state index in [1.165, 1.54) is 37.6 Å². The number of hydrogen-bond acceptors (Lipinski definition) is 5. The van der Waals surface area contributed by atoms with Crippen molar-refractivity contribution in [1.82, 2.24) is 15.0 Å². The molecule has 0 saturated heterocycles. The molecule has 8 nitrogen and oxygen atoms in total. The highest BCUT2D eigenvalue weighted by molar-refractivity contribution is 5.90. The van der Waals surface area contributed by atoms with Crippen molar-refractivity contribution in [3.05, 3.63) is 36.3 Å². The van der Waals surface area contributed by atoms with Gasteiger partial charge in [0.1, 0.15) is 12.4 Å². The lowest BCUT2D eigenvalue weighted by Crippen LogP contribution is -2.20. The molecule has 2 aromatic rings. The molecule has 1 aromatic carbocycles. The Morgan fingerprint density at radius 3 is 2.67 bits per heavy atom. The minimum Gasteiger partial charge on any atom is -0.453 e. The number of carbonyl (C=O) groups is 2. The number of aromatic nitrogens is 3. The van der Waals surface area contributed by atoms with Crippen molar-refractivity contribution in [2.75, 3.05) is 17.7 Å². The second-order valence-corrected chi connectivity index (χ2v) is 3.93. The van der Waals surface area contributed by atoms with Crippen molar-refractivity contribution in [2.45, 2.75) is 6.54 Å². The van der Waals surface area contributed by atoms with E-state index in [0.29, 0.717) is 5.69 Å². The molecular weight excluding hydrogens is 281 g/mol. The van der Waals surface area contributed by atoms with Crippen LogP contribution < -0.4 is 10.6 Å². The van der Waals surface area contributed by atoms with Crippen LogP contribution in [0, 0.1) is 5.82 Å². The first kappa shape index (κ1) is 14.4. The normalized spacial score (nSPS) is 10.0. The van der Waals surface area contributed by atoms with Gasteiger partial charge in [-0.3, -0.25) is 10.1 Å². The van der Waals surface area contributed by atoms with Gasteiger partial charge in [0.05, 0.1) is 13.3 Å². The maximum atomic E-state index is 12.7. The molecule has 2 N–H and O–H groups in total. The number of rotatable bonds is 4. The Morgan fingerprint density at radius 2 is 2.00 bits per heavy atom. The molecule has 0 spiro atoms. The number of nitrogens with one attached hydrogen (secondary N) is 2. The highest BCUT2D eigenvalue weighted by Gasteiger charge is 2.09. The van der Waals surface area contributed by atoms with Crippen molar-refractivity contribution in [2.24, 2.45) is 0 Å². The van der Waals surface area contributed by atoms with Gasteiger partial charge < -0.3 is 10.1 Å². The third kappa shape index (κ3) is 4.27. The molecule has 2 rings (SSSR count). The van der Waals surface area contributed by atoms with Crippen LogP contribution in [0.1, 0.15) is 0 Å². The molecule has 0 saturated carbocycles. The molecule has 2 amide bonds. The zero-order valence-corrected chi connectivity index (χ0v) is 11.0. The number of ether oxygens (including phenoxy) is 1. The summed E-state index contributed by atoms with van der Waals surface area (Å²) in [6, 6.07) is 5.35. The number of halogens is 1. The Kier molecular flexibility index (Phi) is 4.44. The molecule has 0 bridgehead atoms. The third-order valence-corrected chi connectivity index (χ3v) is 2.37. The van der Waals surface area contributed by atoms with Gasteiger partial charge in [-0.25, -0.2) is 9.18 Å². The van der Waals surface area contributed by atoms with Crippen molar-refractivity contribution < 1.29 is 18.7 Å². The summed E-state index contributed by atoms with van der Waals surface area (Å²) in [6.07, 6.45) is 0.597. The third-order valence-electron chi connectivity index (χ3n) is 2.37. The Balaban J connectivity index is 1.90. The van der Waals surface area contributed by atoms with Gasteiger partial charge in [0.2, 0.25) is 5.91 Å². The number of hydrogen-bond donors (Lipinski definition) is 2. The Bertz CT molecular complexity index is 641. The molecule has 0 aliphatic rings. The average Bonchev–Trinajstić information content (AvgIpc) is 2.88. The summed E-state index contributed by atoms with van der Waals surface area (Å²) < 4.78 is 17.1. The number of carbonyl (C=O) groups excluding carboxylic acids is 2. The fourth-order valence-corrected chi connectivity index (χ4v) is 1.45. The van der Waals surface area contributed by atoms with Gasteiger partial charge in [-0.15, -0.1) is 5.10 Å². The second-order valence-electron chi connectivity index (χ2n) is 3.93. The largest absolute Gasteiger partial charge is 0.453 e. The van der Waals surface area contributed by atoms with Crippen molar-refractivity contribution in [3.63, 3.8) is 0 Å². The quantitative estimate of drug-likeness (QED) is 0.883. The summed E-state index contributed by atoms with van der Waals surface area (Å²) in [6.45, 7) is -0.153. The number of nitrogens with zero attached hydrogens (tertiary/aromatic N) is 3. The molecule has 0 radical (unpaired) electrons. The van der Waals surface area contributed by atoms with Crippen molar-refractivity contribution >= 4 is 23.5 Å². The standard InChI is InChI=1S/C12H12FN5O3/c1-21-12(20)16-10-6-14-18(17-10)7-11(19)15-9-4-2-8(13)3-5-9/h2-6H,7H2,1H3,(H,15,19)(H,16,17,20). The van der Waals surface area contributed by atoms with Gasteiger partial charge in [0.15, 0.2) is 5.82 Å². The molecule has 1 aromatic heterocycles. The molecule has 0 unspecified atom stereocenters. The summed E-state index contributed by atoms with van der Waals surface area (Å²) in [5, 5.41) is 12.6. The lowest BCUT2D eigenvalue weighted by molar-refractivity contribution is -0.117.